The molecule has 2 aromatic carbocycles. The second-order valence-corrected chi connectivity index (χ2v) is 6.61. The van der Waals surface area contributed by atoms with Gasteiger partial charge in [-0.2, -0.15) is 0 Å². The van der Waals surface area contributed by atoms with Crippen LogP contribution in [0, 0.1) is 11.7 Å². The van der Waals surface area contributed by atoms with Gasteiger partial charge in [0.2, 0.25) is 0 Å². The Labute approximate surface area is 135 Å². The minimum Gasteiger partial charge on any atom is -0.352 e. The molecule has 2 aromatic rings. The van der Waals surface area contributed by atoms with Crippen molar-refractivity contribution in [1.29, 1.82) is 0 Å². The lowest BCUT2D eigenvalue weighted by Crippen LogP contribution is -2.29. The molecule has 1 fully saturated rings. The maximum absolute atomic E-state index is 13.5. The molecule has 2 aliphatic heterocycles. The summed E-state index contributed by atoms with van der Waals surface area (Å²) < 4.78 is 13.5. The number of hydrogen-bond acceptors (Lipinski definition) is 2. The molecule has 3 nitrogen and oxygen atoms in total. The summed E-state index contributed by atoms with van der Waals surface area (Å²) in [6, 6.07) is 12.4. The van der Waals surface area contributed by atoms with E-state index >= 15 is 0 Å². The first-order chi connectivity index (χ1) is 11.1. The van der Waals surface area contributed by atoms with Crippen molar-refractivity contribution in [1.82, 2.24) is 10.2 Å². The van der Waals surface area contributed by atoms with Crippen LogP contribution in [-0.4, -0.2) is 37.5 Å². The fraction of sp³-hybridized carbons (Fsp3) is 0.316. The van der Waals surface area contributed by atoms with Crippen molar-refractivity contribution < 1.29 is 9.18 Å². The third kappa shape index (κ3) is 2.53. The number of amides is 1. The Hall–Kier alpha value is -2.20. The van der Waals surface area contributed by atoms with E-state index in [-0.39, 0.29) is 11.7 Å². The van der Waals surface area contributed by atoms with Crippen LogP contribution in [0.1, 0.15) is 21.8 Å². The van der Waals surface area contributed by atoms with Crippen LogP contribution >= 0.6 is 0 Å². The number of nitrogens with one attached hydrogen (secondary N) is 1. The third-order valence-electron chi connectivity index (χ3n) is 5.00. The van der Waals surface area contributed by atoms with E-state index in [1.165, 1.54) is 12.1 Å². The highest BCUT2D eigenvalue weighted by Gasteiger charge is 2.36. The summed E-state index contributed by atoms with van der Waals surface area (Å²) in [7, 11) is 2.12. The number of nitrogens with zero attached hydrogens (tertiary/aromatic N) is 1. The quantitative estimate of drug-likeness (QED) is 0.878. The monoisotopic (exact) mass is 310 g/mol. The van der Waals surface area contributed by atoms with Crippen LogP contribution < -0.4 is 5.32 Å². The zero-order valence-corrected chi connectivity index (χ0v) is 13.1. The maximum atomic E-state index is 13.5. The van der Waals surface area contributed by atoms with Gasteiger partial charge in [-0.05, 0) is 47.9 Å². The summed E-state index contributed by atoms with van der Waals surface area (Å²) in [5, 5.41) is 3.04. The number of hydrogen-bond donors (Lipinski definition) is 1. The zero-order chi connectivity index (χ0) is 16.0. The number of benzene rings is 2. The van der Waals surface area contributed by atoms with Crippen LogP contribution in [0.15, 0.2) is 42.5 Å². The molecule has 0 bridgehead atoms. The molecule has 23 heavy (non-hydrogen) atoms. The maximum Gasteiger partial charge on any atom is 0.251 e. The van der Waals surface area contributed by atoms with Crippen LogP contribution in [0.2, 0.25) is 0 Å². The van der Waals surface area contributed by atoms with Gasteiger partial charge in [-0.3, -0.25) is 4.79 Å². The summed E-state index contributed by atoms with van der Waals surface area (Å²) in [5.41, 5.74) is 3.53. The molecule has 118 valence electrons. The molecule has 0 saturated carbocycles. The van der Waals surface area contributed by atoms with Crippen LogP contribution in [-0.2, 0) is 0 Å². The Bertz CT molecular complexity index is 774. The van der Waals surface area contributed by atoms with Gasteiger partial charge in [-0.25, -0.2) is 4.39 Å². The first kappa shape index (κ1) is 14.4. The summed E-state index contributed by atoms with van der Waals surface area (Å²) in [4.78, 5) is 14.8. The second kappa shape index (κ2) is 5.46. The topological polar surface area (TPSA) is 32.3 Å². The molecule has 1 N–H and O–H groups in total. The van der Waals surface area contributed by atoms with Gasteiger partial charge in [0.05, 0.1) is 0 Å². The first-order valence-electron chi connectivity index (χ1n) is 7.98. The highest BCUT2D eigenvalue weighted by atomic mass is 19.1. The molecule has 0 radical (unpaired) electrons. The Morgan fingerprint density at radius 2 is 1.96 bits per heavy atom. The number of fused-ring (bicyclic) bond motifs is 3. The lowest BCUT2D eigenvalue weighted by atomic mass is 9.86. The van der Waals surface area contributed by atoms with Crippen LogP contribution in [0.25, 0.3) is 11.1 Å². The van der Waals surface area contributed by atoms with E-state index in [0.717, 1.165) is 41.9 Å². The number of carbonyl (C=O) groups excluding carboxylic acids is 1. The molecule has 1 saturated heterocycles. The van der Waals surface area contributed by atoms with Crippen molar-refractivity contribution in [2.75, 3.05) is 26.7 Å². The Kier molecular flexibility index (Phi) is 3.42. The predicted molar refractivity (Wildman–Crippen MR) is 87.9 cm³/mol. The van der Waals surface area contributed by atoms with Crippen molar-refractivity contribution in [2.45, 2.75) is 5.92 Å². The highest BCUT2D eigenvalue weighted by molar-refractivity contribution is 5.97. The highest BCUT2D eigenvalue weighted by Crippen LogP contribution is 2.37. The van der Waals surface area contributed by atoms with Gasteiger partial charge in [0.15, 0.2) is 0 Å². The van der Waals surface area contributed by atoms with E-state index in [4.69, 9.17) is 0 Å². The van der Waals surface area contributed by atoms with Crippen molar-refractivity contribution in [3.8, 4) is 11.1 Å². The molecule has 0 spiro atoms. The molecule has 4 heteroatoms. The van der Waals surface area contributed by atoms with Crippen molar-refractivity contribution >= 4 is 5.91 Å². The Balaban J connectivity index is 1.80. The summed E-state index contributed by atoms with van der Waals surface area (Å²) in [5.74, 6) is 0.565. The number of carbonyl (C=O) groups is 1. The fourth-order valence-electron chi connectivity index (χ4n) is 3.89. The van der Waals surface area contributed by atoms with Crippen LogP contribution in [0.3, 0.4) is 0 Å². The lowest BCUT2D eigenvalue weighted by molar-refractivity contribution is 0.0951. The SMILES string of the molecule is CN1C[C@H]2CNC(=O)c3cc(-c4cccc(F)c4)ccc3[C@@H]2C1. The molecule has 1 amide bonds. The minimum atomic E-state index is -0.264. The Morgan fingerprint density at radius 1 is 1.13 bits per heavy atom. The molecule has 0 aliphatic carbocycles. The Morgan fingerprint density at radius 3 is 2.78 bits per heavy atom. The van der Waals surface area contributed by atoms with Crippen molar-refractivity contribution in [3.63, 3.8) is 0 Å². The van der Waals surface area contributed by atoms with E-state index in [1.807, 2.05) is 18.2 Å². The van der Waals surface area contributed by atoms with E-state index in [1.54, 1.807) is 6.07 Å². The number of rotatable bonds is 1. The van der Waals surface area contributed by atoms with E-state index in [0.29, 0.717) is 11.8 Å². The van der Waals surface area contributed by atoms with Crippen LogP contribution in [0.4, 0.5) is 4.39 Å². The zero-order valence-electron chi connectivity index (χ0n) is 13.1. The van der Waals surface area contributed by atoms with Gasteiger partial charge in [0.25, 0.3) is 5.91 Å². The van der Waals surface area contributed by atoms with Gasteiger partial charge in [0.1, 0.15) is 5.82 Å². The normalized spacial score (nSPS) is 23.8. The second-order valence-electron chi connectivity index (χ2n) is 6.61. The van der Waals surface area contributed by atoms with E-state index in [2.05, 4.69) is 23.3 Å². The summed E-state index contributed by atoms with van der Waals surface area (Å²) in [6.45, 7) is 2.71. The predicted octanol–water partition coefficient (Wildman–Crippen LogP) is 2.88. The smallest absolute Gasteiger partial charge is 0.251 e. The van der Waals surface area contributed by atoms with Gasteiger partial charge >= 0.3 is 0 Å². The molecule has 0 aromatic heterocycles. The minimum absolute atomic E-state index is 0.0182. The molecule has 2 aliphatic rings. The largest absolute Gasteiger partial charge is 0.352 e. The van der Waals surface area contributed by atoms with E-state index in [9.17, 15) is 9.18 Å². The average molecular weight is 310 g/mol. The molecule has 4 rings (SSSR count). The number of likely N-dealkylation sites (tertiary alicyclic amines) is 1. The van der Waals surface area contributed by atoms with Gasteiger partial charge in [0, 0.05) is 31.1 Å². The third-order valence-corrected chi connectivity index (χ3v) is 5.00. The van der Waals surface area contributed by atoms with Gasteiger partial charge in [-0.15, -0.1) is 0 Å². The standard InChI is InChI=1S/C19H19FN2O/c1-22-10-14-9-21-19(23)17-8-13(5-6-16(17)18(14)11-22)12-3-2-4-15(20)7-12/h2-8,14,18H,9-11H2,1H3,(H,21,23)/t14-,18-/m1/s1. The molecule has 2 heterocycles. The summed E-state index contributed by atoms with van der Waals surface area (Å²) in [6.07, 6.45) is 0. The van der Waals surface area contributed by atoms with E-state index < -0.39 is 0 Å². The molecule has 0 unspecified atom stereocenters. The lowest BCUT2D eigenvalue weighted by Gasteiger charge is -2.17. The number of halogens is 1. The van der Waals surface area contributed by atoms with Crippen LogP contribution in [0.5, 0.6) is 0 Å². The number of likely N-dealkylation sites (N-methyl/N-ethyl adjacent to an activating group) is 1. The molecular formula is C19H19FN2O. The molecule has 2 atom stereocenters. The molecular weight excluding hydrogens is 291 g/mol. The summed E-state index contributed by atoms with van der Waals surface area (Å²) >= 11 is 0. The van der Waals surface area contributed by atoms with Gasteiger partial charge in [-0.1, -0.05) is 24.3 Å². The first-order valence-corrected chi connectivity index (χ1v) is 7.98. The van der Waals surface area contributed by atoms with Crippen molar-refractivity contribution in [3.05, 3.63) is 59.4 Å². The van der Waals surface area contributed by atoms with Gasteiger partial charge < -0.3 is 10.2 Å². The van der Waals surface area contributed by atoms with Crippen molar-refractivity contribution in [2.24, 2.45) is 5.92 Å². The fourth-order valence-corrected chi connectivity index (χ4v) is 3.89. The average Bonchev–Trinajstić information content (AvgIpc) is 2.87.